The molecule has 1 aliphatic heterocycles. The molecule has 1 unspecified atom stereocenters. The summed E-state index contributed by atoms with van der Waals surface area (Å²) in [5, 5.41) is 16.6. The van der Waals surface area contributed by atoms with Crippen LogP contribution in [0.1, 0.15) is 16.9 Å². The normalized spacial score (nSPS) is 22.4. The number of carboxylic acids is 1. The van der Waals surface area contributed by atoms with E-state index in [1.807, 2.05) is 18.2 Å². The number of likely N-dealkylation sites (tertiary alicyclic amines) is 1. The molecule has 3 rings (SSSR count). The van der Waals surface area contributed by atoms with E-state index in [1.54, 1.807) is 6.07 Å². The van der Waals surface area contributed by atoms with Crippen molar-refractivity contribution in [3.63, 3.8) is 0 Å². The van der Waals surface area contributed by atoms with Crippen LogP contribution >= 0.6 is 0 Å². The van der Waals surface area contributed by atoms with Crippen molar-refractivity contribution in [3.8, 4) is 0 Å². The largest absolute Gasteiger partial charge is 0.480 e. The summed E-state index contributed by atoms with van der Waals surface area (Å²) in [6.07, 6.45) is 0.246. The zero-order chi connectivity index (χ0) is 14.3. The molecule has 1 fully saturated rings. The van der Waals surface area contributed by atoms with Gasteiger partial charge in [0, 0.05) is 18.5 Å². The van der Waals surface area contributed by atoms with Gasteiger partial charge < -0.3 is 15.7 Å². The van der Waals surface area contributed by atoms with Crippen molar-refractivity contribution in [2.45, 2.75) is 12.0 Å². The monoisotopic (exact) mass is 274 g/mol. The first-order valence-corrected chi connectivity index (χ1v) is 6.26. The Morgan fingerprint density at radius 2 is 2.15 bits per heavy atom. The molecular formula is C13H14N4O3. The number of amides is 1. The number of hydrogen-bond donors (Lipinski definition) is 3. The number of nitrogens with zero attached hydrogens (tertiary/aromatic N) is 2. The maximum absolute atomic E-state index is 12.4. The summed E-state index contributed by atoms with van der Waals surface area (Å²) >= 11 is 0. The highest BCUT2D eigenvalue weighted by molar-refractivity contribution is 6.05. The van der Waals surface area contributed by atoms with Gasteiger partial charge in [0.05, 0.1) is 5.52 Å². The van der Waals surface area contributed by atoms with E-state index in [-0.39, 0.29) is 18.9 Å². The third-order valence-electron chi connectivity index (χ3n) is 3.69. The molecule has 0 aliphatic carbocycles. The van der Waals surface area contributed by atoms with Crippen LogP contribution in [0.25, 0.3) is 10.9 Å². The van der Waals surface area contributed by atoms with Crippen molar-refractivity contribution in [1.29, 1.82) is 0 Å². The molecular weight excluding hydrogens is 260 g/mol. The number of aromatic nitrogens is 2. The van der Waals surface area contributed by atoms with Crippen LogP contribution in [0.5, 0.6) is 0 Å². The van der Waals surface area contributed by atoms with E-state index in [9.17, 15) is 9.59 Å². The highest BCUT2D eigenvalue weighted by Crippen LogP contribution is 2.23. The SMILES string of the molecule is NC1(C(=O)O)CCN(C(=O)c2n[nH]c3ccccc23)C1. The molecule has 2 heterocycles. The Hall–Kier alpha value is -2.41. The second-order valence-electron chi connectivity index (χ2n) is 5.06. The summed E-state index contributed by atoms with van der Waals surface area (Å²) in [6.45, 7) is 0.325. The van der Waals surface area contributed by atoms with Gasteiger partial charge in [0.2, 0.25) is 0 Å². The number of aromatic amines is 1. The lowest BCUT2D eigenvalue weighted by Gasteiger charge is -2.19. The quantitative estimate of drug-likeness (QED) is 0.723. The highest BCUT2D eigenvalue weighted by Gasteiger charge is 2.43. The van der Waals surface area contributed by atoms with E-state index in [2.05, 4.69) is 10.2 Å². The fraction of sp³-hybridized carbons (Fsp3) is 0.308. The molecule has 7 heteroatoms. The molecule has 0 bridgehead atoms. The Morgan fingerprint density at radius 1 is 1.40 bits per heavy atom. The van der Waals surface area contributed by atoms with Crippen molar-refractivity contribution in [1.82, 2.24) is 15.1 Å². The first-order chi connectivity index (χ1) is 9.51. The summed E-state index contributed by atoms with van der Waals surface area (Å²) in [5.74, 6) is -1.38. The first kappa shape index (κ1) is 12.6. The standard InChI is InChI=1S/C13H14N4O3/c14-13(12(19)20)5-6-17(7-13)11(18)10-8-3-1-2-4-9(8)15-16-10/h1-4H,5-7,14H2,(H,15,16)(H,19,20). The van der Waals surface area contributed by atoms with Crippen LogP contribution in [-0.4, -0.2) is 50.7 Å². The molecule has 1 amide bonds. The Kier molecular flexibility index (Phi) is 2.72. The molecule has 104 valence electrons. The Labute approximate surface area is 114 Å². The van der Waals surface area contributed by atoms with Crippen LogP contribution < -0.4 is 5.73 Å². The van der Waals surface area contributed by atoms with Gasteiger partial charge in [-0.1, -0.05) is 18.2 Å². The van der Waals surface area contributed by atoms with E-state index in [4.69, 9.17) is 10.8 Å². The third-order valence-corrected chi connectivity index (χ3v) is 3.69. The topological polar surface area (TPSA) is 112 Å². The van der Waals surface area contributed by atoms with Crippen molar-refractivity contribution in [2.24, 2.45) is 5.73 Å². The summed E-state index contributed by atoms with van der Waals surface area (Å²) in [5.41, 5.74) is 5.49. The number of carboxylic acid groups (broad SMARTS) is 1. The molecule has 0 radical (unpaired) electrons. The molecule has 1 aromatic heterocycles. The Bertz CT molecular complexity index is 696. The lowest BCUT2D eigenvalue weighted by molar-refractivity contribution is -0.142. The van der Waals surface area contributed by atoms with Gasteiger partial charge in [0.1, 0.15) is 5.54 Å². The zero-order valence-electron chi connectivity index (χ0n) is 10.7. The molecule has 0 saturated carbocycles. The number of benzene rings is 1. The van der Waals surface area contributed by atoms with Gasteiger partial charge in [-0.25, -0.2) is 0 Å². The molecule has 1 atom stereocenters. The Balaban J connectivity index is 1.89. The van der Waals surface area contributed by atoms with E-state index >= 15 is 0 Å². The Morgan fingerprint density at radius 3 is 2.85 bits per heavy atom. The van der Waals surface area contributed by atoms with E-state index < -0.39 is 11.5 Å². The van der Waals surface area contributed by atoms with Crippen LogP contribution in [-0.2, 0) is 4.79 Å². The maximum atomic E-state index is 12.4. The van der Waals surface area contributed by atoms with Crippen molar-refractivity contribution < 1.29 is 14.7 Å². The van der Waals surface area contributed by atoms with Crippen molar-refractivity contribution in [3.05, 3.63) is 30.0 Å². The van der Waals surface area contributed by atoms with Crippen LogP contribution in [0.15, 0.2) is 24.3 Å². The molecule has 2 aromatic rings. The number of carbonyl (C=O) groups excluding carboxylic acids is 1. The van der Waals surface area contributed by atoms with Crippen LogP contribution in [0.4, 0.5) is 0 Å². The number of carbonyl (C=O) groups is 2. The fourth-order valence-electron chi connectivity index (χ4n) is 2.46. The number of rotatable bonds is 2. The number of nitrogens with one attached hydrogen (secondary N) is 1. The third kappa shape index (κ3) is 1.83. The zero-order valence-corrected chi connectivity index (χ0v) is 10.7. The molecule has 1 aromatic carbocycles. The number of nitrogens with two attached hydrogens (primary N) is 1. The molecule has 1 saturated heterocycles. The van der Waals surface area contributed by atoms with E-state index in [1.165, 1.54) is 4.90 Å². The first-order valence-electron chi connectivity index (χ1n) is 6.26. The summed E-state index contributed by atoms with van der Waals surface area (Å²) in [6, 6.07) is 7.30. The summed E-state index contributed by atoms with van der Waals surface area (Å²) in [4.78, 5) is 25.0. The lowest BCUT2D eigenvalue weighted by Crippen LogP contribution is -2.50. The van der Waals surface area contributed by atoms with Gasteiger partial charge in [0.25, 0.3) is 5.91 Å². The van der Waals surface area contributed by atoms with Gasteiger partial charge in [-0.15, -0.1) is 0 Å². The molecule has 1 aliphatic rings. The van der Waals surface area contributed by atoms with Crippen LogP contribution in [0, 0.1) is 0 Å². The average molecular weight is 274 g/mol. The smallest absolute Gasteiger partial charge is 0.325 e. The number of aliphatic carboxylic acids is 1. The minimum atomic E-state index is -1.36. The van der Waals surface area contributed by atoms with Gasteiger partial charge in [-0.05, 0) is 12.5 Å². The lowest BCUT2D eigenvalue weighted by atomic mass is 10.0. The van der Waals surface area contributed by atoms with E-state index in [0.717, 1.165) is 10.9 Å². The van der Waals surface area contributed by atoms with Crippen LogP contribution in [0.3, 0.4) is 0 Å². The van der Waals surface area contributed by atoms with Gasteiger partial charge in [-0.2, -0.15) is 5.10 Å². The predicted octanol–water partition coefficient (Wildman–Crippen LogP) is 0.191. The molecule has 0 spiro atoms. The number of para-hydroxylation sites is 1. The van der Waals surface area contributed by atoms with Gasteiger partial charge in [0.15, 0.2) is 5.69 Å². The fourth-order valence-corrected chi connectivity index (χ4v) is 2.46. The molecule has 20 heavy (non-hydrogen) atoms. The minimum Gasteiger partial charge on any atom is -0.480 e. The average Bonchev–Trinajstić information content (AvgIpc) is 3.03. The van der Waals surface area contributed by atoms with Crippen molar-refractivity contribution >= 4 is 22.8 Å². The number of hydrogen-bond acceptors (Lipinski definition) is 4. The highest BCUT2D eigenvalue weighted by atomic mass is 16.4. The van der Waals surface area contributed by atoms with Gasteiger partial charge in [-0.3, -0.25) is 14.7 Å². The van der Waals surface area contributed by atoms with Crippen LogP contribution in [0.2, 0.25) is 0 Å². The summed E-state index contributed by atoms with van der Waals surface area (Å²) in [7, 11) is 0. The molecule has 4 N–H and O–H groups in total. The van der Waals surface area contributed by atoms with Crippen molar-refractivity contribution in [2.75, 3.05) is 13.1 Å². The molecule has 7 nitrogen and oxygen atoms in total. The second-order valence-corrected chi connectivity index (χ2v) is 5.06. The summed E-state index contributed by atoms with van der Waals surface area (Å²) < 4.78 is 0. The van der Waals surface area contributed by atoms with E-state index in [0.29, 0.717) is 12.2 Å². The maximum Gasteiger partial charge on any atom is 0.325 e. The second kappa shape index (κ2) is 4.31. The minimum absolute atomic E-state index is 0.00233. The number of H-pyrrole nitrogens is 1. The predicted molar refractivity (Wildman–Crippen MR) is 71.2 cm³/mol. The number of fused-ring (bicyclic) bond motifs is 1. The van der Waals surface area contributed by atoms with Gasteiger partial charge >= 0.3 is 5.97 Å².